The molecule has 3 aromatic rings. The fourth-order valence-electron chi connectivity index (χ4n) is 3.57. The Kier molecular flexibility index (Phi) is 10.1. The minimum atomic E-state index is -0.535. The number of hydrogen-bond donors (Lipinski definition) is 2. The van der Waals surface area contributed by atoms with Crippen molar-refractivity contribution in [3.63, 3.8) is 0 Å². The predicted molar refractivity (Wildman–Crippen MR) is 141 cm³/mol. The van der Waals surface area contributed by atoms with Crippen LogP contribution < -0.4 is 15.4 Å². The normalized spacial score (nSPS) is 10.5. The number of ether oxygens (including phenoxy) is 2. The summed E-state index contributed by atoms with van der Waals surface area (Å²) in [5.41, 5.74) is 2.31. The molecule has 0 saturated carbocycles. The summed E-state index contributed by atoms with van der Waals surface area (Å²) < 4.78 is 11.7. The molecule has 3 amide bonds. The molecule has 10 heteroatoms. The van der Waals surface area contributed by atoms with Crippen molar-refractivity contribution in [2.75, 3.05) is 38.7 Å². The van der Waals surface area contributed by atoms with Gasteiger partial charge < -0.3 is 25.0 Å². The van der Waals surface area contributed by atoms with Crippen molar-refractivity contribution in [3.05, 3.63) is 60.7 Å². The first-order valence-electron chi connectivity index (χ1n) is 12.2. The molecule has 0 saturated heterocycles. The number of amides is 3. The van der Waals surface area contributed by atoms with Crippen molar-refractivity contribution < 1.29 is 23.9 Å². The maximum Gasteiger partial charge on any atom is 0.325 e. The summed E-state index contributed by atoms with van der Waals surface area (Å²) in [5, 5.41) is 10.1. The Labute approximate surface area is 216 Å². The van der Waals surface area contributed by atoms with Gasteiger partial charge in [-0.25, -0.2) is 9.48 Å². The van der Waals surface area contributed by atoms with E-state index in [1.807, 2.05) is 61.5 Å². The fourth-order valence-corrected chi connectivity index (χ4v) is 3.57. The Bertz CT molecular complexity index is 1180. The average molecular weight is 508 g/mol. The minimum absolute atomic E-state index is 0.191. The molecule has 1 aromatic heterocycles. The van der Waals surface area contributed by atoms with Gasteiger partial charge in [0.05, 0.1) is 25.1 Å². The van der Waals surface area contributed by atoms with Gasteiger partial charge >= 0.3 is 12.0 Å². The van der Waals surface area contributed by atoms with Crippen molar-refractivity contribution in [1.82, 2.24) is 20.0 Å². The predicted octanol–water partition coefficient (Wildman–Crippen LogP) is 3.86. The van der Waals surface area contributed by atoms with Crippen molar-refractivity contribution in [3.8, 4) is 22.7 Å². The van der Waals surface area contributed by atoms with Crippen molar-refractivity contribution in [2.45, 2.75) is 26.7 Å². The monoisotopic (exact) mass is 507 g/mol. The third-order valence-corrected chi connectivity index (χ3v) is 5.46. The second kappa shape index (κ2) is 13.7. The number of methoxy groups -OCH3 is 1. The molecule has 3 rings (SSSR count). The van der Waals surface area contributed by atoms with E-state index >= 15 is 0 Å². The molecule has 0 bridgehead atoms. The van der Waals surface area contributed by atoms with E-state index in [9.17, 15) is 14.4 Å². The van der Waals surface area contributed by atoms with Crippen LogP contribution in [0.15, 0.2) is 60.7 Å². The number of nitrogens with zero attached hydrogens (tertiary/aromatic N) is 3. The number of carbonyl (C=O) groups excluding carboxylic acids is 3. The van der Waals surface area contributed by atoms with Crippen LogP contribution in [0.5, 0.6) is 5.75 Å². The summed E-state index contributed by atoms with van der Waals surface area (Å²) >= 11 is 0. The van der Waals surface area contributed by atoms with Crippen LogP contribution in [-0.4, -0.2) is 65.9 Å². The van der Waals surface area contributed by atoms with Crippen LogP contribution in [0.1, 0.15) is 26.7 Å². The van der Waals surface area contributed by atoms with Crippen molar-refractivity contribution in [2.24, 2.45) is 0 Å². The Hall–Kier alpha value is -4.34. The van der Waals surface area contributed by atoms with Gasteiger partial charge in [-0.3, -0.25) is 9.59 Å². The second-order valence-electron chi connectivity index (χ2n) is 8.18. The number of rotatable bonds is 12. The highest BCUT2D eigenvalue weighted by atomic mass is 16.5. The lowest BCUT2D eigenvalue weighted by atomic mass is 10.1. The smallest absolute Gasteiger partial charge is 0.325 e. The molecule has 0 atom stereocenters. The first-order valence-corrected chi connectivity index (χ1v) is 12.2. The van der Waals surface area contributed by atoms with Gasteiger partial charge in [0.25, 0.3) is 0 Å². The second-order valence-corrected chi connectivity index (χ2v) is 8.18. The SMILES string of the molecule is CCCCN(CC(=O)Nc1cc(-c2ccccc2)nn1-c1ccc(OC)cc1)C(=O)NCC(=O)OCC. The fraction of sp³-hybridized carbons (Fsp3) is 0.333. The van der Waals surface area contributed by atoms with Crippen LogP contribution >= 0.6 is 0 Å². The molecular weight excluding hydrogens is 474 g/mol. The lowest BCUT2D eigenvalue weighted by Gasteiger charge is -2.22. The first-order chi connectivity index (χ1) is 17.9. The lowest BCUT2D eigenvalue weighted by molar-refractivity contribution is -0.141. The summed E-state index contributed by atoms with van der Waals surface area (Å²) in [6, 6.07) is 18.2. The Morgan fingerprint density at radius 2 is 1.76 bits per heavy atom. The number of esters is 1. The number of nitrogens with one attached hydrogen (secondary N) is 2. The number of unbranched alkanes of at least 4 members (excludes halogenated alkanes) is 1. The summed E-state index contributed by atoms with van der Waals surface area (Å²) in [7, 11) is 1.59. The summed E-state index contributed by atoms with van der Waals surface area (Å²) in [6.07, 6.45) is 1.55. The topological polar surface area (TPSA) is 115 Å². The van der Waals surface area contributed by atoms with Gasteiger partial charge in [0.15, 0.2) is 0 Å². The van der Waals surface area contributed by atoms with E-state index in [0.29, 0.717) is 30.2 Å². The maximum absolute atomic E-state index is 13.1. The number of carbonyl (C=O) groups is 3. The molecule has 0 aliphatic rings. The highest BCUT2D eigenvalue weighted by molar-refractivity contribution is 5.94. The highest BCUT2D eigenvalue weighted by Gasteiger charge is 2.20. The van der Waals surface area contributed by atoms with E-state index < -0.39 is 17.9 Å². The molecule has 10 nitrogen and oxygen atoms in total. The number of aromatic nitrogens is 2. The number of benzene rings is 2. The van der Waals surface area contributed by atoms with Gasteiger partial charge in [0.2, 0.25) is 5.91 Å². The van der Waals surface area contributed by atoms with Crippen LogP contribution in [0, 0.1) is 0 Å². The highest BCUT2D eigenvalue weighted by Crippen LogP contribution is 2.25. The number of urea groups is 1. The maximum atomic E-state index is 13.1. The number of anilines is 1. The van der Waals surface area contributed by atoms with E-state index in [1.165, 1.54) is 4.90 Å². The zero-order chi connectivity index (χ0) is 26.6. The number of hydrogen-bond acceptors (Lipinski definition) is 6. The quantitative estimate of drug-likeness (QED) is 0.360. The molecule has 0 aliphatic heterocycles. The molecule has 37 heavy (non-hydrogen) atoms. The summed E-state index contributed by atoms with van der Waals surface area (Å²) in [4.78, 5) is 38.8. The van der Waals surface area contributed by atoms with E-state index in [-0.39, 0.29) is 19.7 Å². The Morgan fingerprint density at radius 3 is 2.41 bits per heavy atom. The van der Waals surface area contributed by atoms with Gasteiger partial charge in [-0.05, 0) is 37.6 Å². The van der Waals surface area contributed by atoms with Crippen LogP contribution in [0.4, 0.5) is 10.6 Å². The van der Waals surface area contributed by atoms with E-state index in [2.05, 4.69) is 10.6 Å². The van der Waals surface area contributed by atoms with Crippen molar-refractivity contribution >= 4 is 23.7 Å². The zero-order valence-corrected chi connectivity index (χ0v) is 21.4. The van der Waals surface area contributed by atoms with E-state index in [0.717, 1.165) is 17.7 Å². The summed E-state index contributed by atoms with van der Waals surface area (Å²) in [5.74, 6) is 0.228. The first kappa shape index (κ1) is 27.3. The van der Waals surface area contributed by atoms with Gasteiger partial charge in [-0.2, -0.15) is 5.10 Å². The van der Waals surface area contributed by atoms with Crippen molar-refractivity contribution in [1.29, 1.82) is 0 Å². The molecule has 0 spiro atoms. The van der Waals surface area contributed by atoms with Crippen LogP contribution in [0.3, 0.4) is 0 Å². The van der Waals surface area contributed by atoms with Crippen LogP contribution in [0.2, 0.25) is 0 Å². The van der Waals surface area contributed by atoms with Gasteiger partial charge in [-0.15, -0.1) is 0 Å². The molecule has 0 fully saturated rings. The standard InChI is InChI=1S/C27H33N5O5/c1-4-6-16-31(27(35)28-18-26(34)37-5-2)19-25(33)29-24-17-23(20-10-8-7-9-11-20)30-32(24)21-12-14-22(36-3)15-13-21/h7-15,17H,4-6,16,18-19H2,1-3H3,(H,28,35)(H,29,33). The third kappa shape index (κ3) is 7.83. The Morgan fingerprint density at radius 1 is 1.03 bits per heavy atom. The zero-order valence-electron chi connectivity index (χ0n) is 21.4. The molecule has 0 radical (unpaired) electrons. The van der Waals surface area contributed by atoms with Gasteiger partial charge in [0.1, 0.15) is 24.7 Å². The lowest BCUT2D eigenvalue weighted by Crippen LogP contribution is -2.46. The van der Waals surface area contributed by atoms with E-state index in [4.69, 9.17) is 14.6 Å². The molecule has 1 heterocycles. The van der Waals surface area contributed by atoms with Crippen LogP contribution in [0.25, 0.3) is 16.9 Å². The third-order valence-electron chi connectivity index (χ3n) is 5.46. The average Bonchev–Trinajstić information content (AvgIpc) is 3.33. The molecule has 2 N–H and O–H groups in total. The molecule has 0 aliphatic carbocycles. The molecule has 196 valence electrons. The minimum Gasteiger partial charge on any atom is -0.497 e. The summed E-state index contributed by atoms with van der Waals surface area (Å²) in [6.45, 7) is 3.82. The Balaban J connectivity index is 1.80. The molecule has 2 aromatic carbocycles. The van der Waals surface area contributed by atoms with E-state index in [1.54, 1.807) is 24.8 Å². The molecular formula is C27H33N5O5. The van der Waals surface area contributed by atoms with Gasteiger partial charge in [0, 0.05) is 18.2 Å². The molecule has 0 unspecified atom stereocenters. The van der Waals surface area contributed by atoms with Gasteiger partial charge in [-0.1, -0.05) is 43.7 Å². The van der Waals surface area contributed by atoms with Crippen LogP contribution in [-0.2, 0) is 14.3 Å². The largest absolute Gasteiger partial charge is 0.497 e.